The Hall–Kier alpha value is -2.70. The number of aromatic nitrogens is 2. The van der Waals surface area contributed by atoms with Gasteiger partial charge in [-0.05, 0) is 68.7 Å². The Morgan fingerprint density at radius 3 is 2.39 bits per heavy atom. The molecule has 0 saturated carbocycles. The Morgan fingerprint density at radius 2 is 1.79 bits per heavy atom. The maximum Gasteiger partial charge on any atom is 0.126 e. The van der Waals surface area contributed by atoms with Crippen LogP contribution >= 0.6 is 0 Å². The van der Waals surface area contributed by atoms with Crippen molar-refractivity contribution in [3.63, 3.8) is 0 Å². The summed E-state index contributed by atoms with van der Waals surface area (Å²) in [5, 5.41) is 24.5. The zero-order chi connectivity index (χ0) is 20.3. The summed E-state index contributed by atoms with van der Waals surface area (Å²) in [4.78, 5) is 0. The fraction of sp³-hybridized carbons (Fsp3) is 0.318. The number of aliphatic hydroxyl groups is 2. The number of nitrogens with zero attached hydrogens (tertiary/aromatic N) is 2. The molecule has 5 nitrogen and oxygen atoms in total. The van der Waals surface area contributed by atoms with E-state index in [1.807, 2.05) is 30.3 Å². The number of methoxy groups -OCH3 is 1. The van der Waals surface area contributed by atoms with Crippen LogP contribution in [0.25, 0.3) is 16.9 Å². The van der Waals surface area contributed by atoms with Crippen LogP contribution in [0, 0.1) is 12.7 Å². The first-order valence-electron chi connectivity index (χ1n) is 9.26. The van der Waals surface area contributed by atoms with Crippen LogP contribution in [-0.2, 0) is 0 Å². The van der Waals surface area contributed by atoms with Gasteiger partial charge in [-0.15, -0.1) is 0 Å². The molecule has 3 rings (SSSR count). The quantitative estimate of drug-likeness (QED) is 0.641. The van der Waals surface area contributed by atoms with Crippen molar-refractivity contribution < 1.29 is 19.3 Å². The number of benzene rings is 2. The van der Waals surface area contributed by atoms with Crippen LogP contribution in [0.3, 0.4) is 0 Å². The third kappa shape index (κ3) is 4.40. The molecule has 2 N–H and O–H groups in total. The van der Waals surface area contributed by atoms with Gasteiger partial charge in [-0.25, -0.2) is 9.07 Å². The van der Waals surface area contributed by atoms with Crippen LogP contribution in [0.2, 0.25) is 0 Å². The van der Waals surface area contributed by atoms with Crippen molar-refractivity contribution in [3.8, 4) is 22.7 Å². The number of rotatable bonds is 7. The highest BCUT2D eigenvalue weighted by Crippen LogP contribution is 2.29. The molecule has 0 aliphatic heterocycles. The molecule has 0 spiro atoms. The molecule has 0 aliphatic rings. The molecular weight excluding hydrogens is 359 g/mol. The molecule has 2 aromatic carbocycles. The zero-order valence-corrected chi connectivity index (χ0v) is 16.3. The molecule has 0 radical (unpaired) electrons. The van der Waals surface area contributed by atoms with Crippen LogP contribution in [0.15, 0.2) is 48.5 Å². The number of ether oxygens (including phenoxy) is 1. The lowest BCUT2D eigenvalue weighted by Crippen LogP contribution is -2.06. The number of halogens is 1. The molecule has 0 fully saturated rings. The van der Waals surface area contributed by atoms with Crippen molar-refractivity contribution in [3.05, 3.63) is 65.6 Å². The lowest BCUT2D eigenvalue weighted by atomic mass is 10.1. The molecular formula is C22H25FN2O3. The van der Waals surface area contributed by atoms with Crippen molar-refractivity contribution in [1.29, 1.82) is 0 Å². The molecule has 2 unspecified atom stereocenters. The third-order valence-electron chi connectivity index (χ3n) is 4.71. The zero-order valence-electron chi connectivity index (χ0n) is 16.3. The molecule has 3 aromatic rings. The average Bonchev–Trinajstić information content (AvgIpc) is 3.13. The summed E-state index contributed by atoms with van der Waals surface area (Å²) in [5.74, 6) is 0.423. The van der Waals surface area contributed by atoms with E-state index in [0.29, 0.717) is 35.4 Å². The first-order valence-corrected chi connectivity index (χ1v) is 9.26. The van der Waals surface area contributed by atoms with Gasteiger partial charge in [-0.1, -0.05) is 12.1 Å². The minimum atomic E-state index is -0.817. The summed E-state index contributed by atoms with van der Waals surface area (Å²) in [5.41, 5.74) is 3.16. The fourth-order valence-electron chi connectivity index (χ4n) is 2.99. The van der Waals surface area contributed by atoms with Gasteiger partial charge in [0.05, 0.1) is 36.4 Å². The van der Waals surface area contributed by atoms with Gasteiger partial charge < -0.3 is 14.9 Å². The standard InChI is InChI=1S/C22H25FN2O3/c1-14-4-6-16(12-19(14)23)21-13-20(22(27)11-5-15(2)26)24-25(21)17-7-9-18(28-3)10-8-17/h4,6-10,12-13,15,22,26-27H,5,11H2,1-3H3. The molecule has 1 aromatic heterocycles. The highest BCUT2D eigenvalue weighted by atomic mass is 19.1. The molecule has 2 atom stereocenters. The molecule has 6 heteroatoms. The number of hydrogen-bond acceptors (Lipinski definition) is 4. The largest absolute Gasteiger partial charge is 0.497 e. The van der Waals surface area contributed by atoms with E-state index >= 15 is 0 Å². The van der Waals surface area contributed by atoms with Gasteiger partial charge in [0.1, 0.15) is 11.6 Å². The summed E-state index contributed by atoms with van der Waals surface area (Å²) in [6, 6.07) is 14.1. The molecule has 28 heavy (non-hydrogen) atoms. The second-order valence-electron chi connectivity index (χ2n) is 6.97. The Morgan fingerprint density at radius 1 is 1.07 bits per heavy atom. The monoisotopic (exact) mass is 384 g/mol. The van der Waals surface area contributed by atoms with E-state index in [9.17, 15) is 14.6 Å². The van der Waals surface area contributed by atoms with Gasteiger partial charge in [0.2, 0.25) is 0 Å². The first-order chi connectivity index (χ1) is 13.4. The number of hydrogen-bond donors (Lipinski definition) is 2. The van der Waals surface area contributed by atoms with Crippen molar-refractivity contribution in [1.82, 2.24) is 9.78 Å². The Bertz CT molecular complexity index is 935. The number of aryl methyl sites for hydroxylation is 1. The van der Waals surface area contributed by atoms with Crippen LogP contribution in [-0.4, -0.2) is 33.2 Å². The van der Waals surface area contributed by atoms with Gasteiger partial charge in [-0.2, -0.15) is 5.10 Å². The smallest absolute Gasteiger partial charge is 0.126 e. The van der Waals surface area contributed by atoms with E-state index in [4.69, 9.17) is 4.74 Å². The normalized spacial score (nSPS) is 13.4. The van der Waals surface area contributed by atoms with Crippen LogP contribution in [0.4, 0.5) is 4.39 Å². The van der Waals surface area contributed by atoms with Crippen molar-refractivity contribution >= 4 is 0 Å². The minimum Gasteiger partial charge on any atom is -0.497 e. The second-order valence-corrected chi connectivity index (χ2v) is 6.97. The van der Waals surface area contributed by atoms with Crippen molar-refractivity contribution in [2.75, 3.05) is 7.11 Å². The van der Waals surface area contributed by atoms with Gasteiger partial charge in [0.15, 0.2) is 0 Å². The summed E-state index contributed by atoms with van der Waals surface area (Å²) < 4.78 is 21.0. The molecule has 0 amide bonds. The highest BCUT2D eigenvalue weighted by molar-refractivity contribution is 5.63. The van der Waals surface area contributed by atoms with Gasteiger partial charge in [0.25, 0.3) is 0 Å². The summed E-state index contributed by atoms with van der Waals surface area (Å²) in [6.45, 7) is 3.40. The molecule has 1 heterocycles. The Kier molecular flexibility index (Phi) is 6.11. The first kappa shape index (κ1) is 20.0. The van der Waals surface area contributed by atoms with Gasteiger partial charge in [0, 0.05) is 5.56 Å². The maximum absolute atomic E-state index is 14.1. The van der Waals surface area contributed by atoms with Crippen LogP contribution in [0.5, 0.6) is 5.75 Å². The van der Waals surface area contributed by atoms with E-state index in [2.05, 4.69) is 5.10 Å². The van der Waals surface area contributed by atoms with E-state index in [-0.39, 0.29) is 5.82 Å². The minimum absolute atomic E-state index is 0.295. The van der Waals surface area contributed by atoms with E-state index in [1.165, 1.54) is 6.07 Å². The maximum atomic E-state index is 14.1. The summed E-state index contributed by atoms with van der Waals surface area (Å²) in [6.07, 6.45) is -0.462. The lowest BCUT2D eigenvalue weighted by Gasteiger charge is -2.10. The SMILES string of the molecule is COc1ccc(-n2nc(C(O)CCC(C)O)cc2-c2ccc(C)c(F)c2)cc1. The predicted octanol–water partition coefficient (Wildman–Crippen LogP) is 4.19. The fourth-order valence-corrected chi connectivity index (χ4v) is 2.99. The average molecular weight is 384 g/mol. The summed E-state index contributed by atoms with van der Waals surface area (Å²) >= 11 is 0. The van der Waals surface area contributed by atoms with E-state index in [1.54, 1.807) is 37.8 Å². The van der Waals surface area contributed by atoms with E-state index in [0.717, 1.165) is 11.4 Å². The Balaban J connectivity index is 2.05. The molecule has 0 aliphatic carbocycles. The van der Waals surface area contributed by atoms with Crippen LogP contribution in [0.1, 0.15) is 37.1 Å². The molecule has 0 saturated heterocycles. The topological polar surface area (TPSA) is 67.5 Å². The summed E-state index contributed by atoms with van der Waals surface area (Å²) in [7, 11) is 1.60. The van der Waals surface area contributed by atoms with Crippen molar-refractivity contribution in [2.45, 2.75) is 38.9 Å². The highest BCUT2D eigenvalue weighted by Gasteiger charge is 2.18. The second kappa shape index (κ2) is 8.54. The van der Waals surface area contributed by atoms with E-state index < -0.39 is 12.2 Å². The lowest BCUT2D eigenvalue weighted by molar-refractivity contribution is 0.120. The molecule has 0 bridgehead atoms. The molecule has 148 valence electrons. The predicted molar refractivity (Wildman–Crippen MR) is 106 cm³/mol. The number of aliphatic hydroxyl groups excluding tert-OH is 2. The van der Waals surface area contributed by atoms with Crippen LogP contribution < -0.4 is 4.74 Å². The Labute approximate surface area is 164 Å². The van der Waals surface area contributed by atoms with Gasteiger partial charge in [-0.3, -0.25) is 0 Å². The third-order valence-corrected chi connectivity index (χ3v) is 4.71. The van der Waals surface area contributed by atoms with Gasteiger partial charge >= 0.3 is 0 Å². The van der Waals surface area contributed by atoms with Crippen molar-refractivity contribution in [2.24, 2.45) is 0 Å².